The van der Waals surface area contributed by atoms with Crippen molar-refractivity contribution in [3.8, 4) is 0 Å². The van der Waals surface area contributed by atoms with Gasteiger partial charge in [-0.05, 0) is 42.7 Å². The Labute approximate surface area is 166 Å². The van der Waals surface area contributed by atoms with E-state index in [1.54, 1.807) is 30.0 Å². The highest BCUT2D eigenvalue weighted by Gasteiger charge is 2.26. The number of hydrogen-bond donors (Lipinski definition) is 2. The minimum Gasteiger partial charge on any atom is -0.450 e. The SMILES string of the molecule is CCOC(=O)N1CCc2c(sc(NC(=O)/C=C/c3ccc(Cl)cc3)c2N)C1. The third-order valence-electron chi connectivity index (χ3n) is 4.16. The highest BCUT2D eigenvalue weighted by molar-refractivity contribution is 7.17. The Balaban J connectivity index is 1.67. The number of nitrogens with two attached hydrogens (primary N) is 1. The Morgan fingerprint density at radius 1 is 1.37 bits per heavy atom. The number of carbonyl (C=O) groups is 2. The number of carbonyl (C=O) groups excluding carboxylic acids is 2. The Hall–Kier alpha value is -2.51. The maximum atomic E-state index is 12.2. The second kappa shape index (κ2) is 8.45. The first kappa shape index (κ1) is 19.3. The number of nitrogen functional groups attached to an aromatic ring is 1. The molecule has 27 heavy (non-hydrogen) atoms. The summed E-state index contributed by atoms with van der Waals surface area (Å²) in [7, 11) is 0. The van der Waals surface area contributed by atoms with Crippen molar-refractivity contribution in [1.82, 2.24) is 4.90 Å². The molecule has 6 nitrogen and oxygen atoms in total. The van der Waals surface area contributed by atoms with Gasteiger partial charge >= 0.3 is 6.09 Å². The van der Waals surface area contributed by atoms with Crippen LogP contribution in [0.2, 0.25) is 5.02 Å². The predicted octanol–water partition coefficient (Wildman–Crippen LogP) is 4.15. The lowest BCUT2D eigenvalue weighted by Crippen LogP contribution is -2.35. The fourth-order valence-electron chi connectivity index (χ4n) is 2.79. The number of anilines is 2. The van der Waals surface area contributed by atoms with Gasteiger partial charge in [-0.2, -0.15) is 0 Å². The third-order valence-corrected chi connectivity index (χ3v) is 5.56. The summed E-state index contributed by atoms with van der Waals surface area (Å²) < 4.78 is 5.05. The van der Waals surface area contributed by atoms with Gasteiger partial charge in [-0.3, -0.25) is 4.79 Å². The average molecular weight is 406 g/mol. The van der Waals surface area contributed by atoms with E-state index in [4.69, 9.17) is 22.1 Å². The lowest BCUT2D eigenvalue weighted by atomic mass is 10.1. The van der Waals surface area contributed by atoms with Gasteiger partial charge in [0.15, 0.2) is 0 Å². The Morgan fingerprint density at radius 3 is 2.81 bits per heavy atom. The van der Waals surface area contributed by atoms with Gasteiger partial charge in [0.1, 0.15) is 5.00 Å². The monoisotopic (exact) mass is 405 g/mol. The van der Waals surface area contributed by atoms with Gasteiger partial charge in [0.25, 0.3) is 0 Å². The van der Waals surface area contributed by atoms with E-state index in [0.29, 0.717) is 41.8 Å². The van der Waals surface area contributed by atoms with Crippen LogP contribution in [-0.4, -0.2) is 30.1 Å². The summed E-state index contributed by atoms with van der Waals surface area (Å²) in [6, 6.07) is 7.18. The second-order valence-corrected chi connectivity index (χ2v) is 7.53. The van der Waals surface area contributed by atoms with Crippen molar-refractivity contribution in [3.05, 3.63) is 51.4 Å². The summed E-state index contributed by atoms with van der Waals surface area (Å²) in [6.45, 7) is 3.12. The number of ether oxygens (including phenoxy) is 1. The van der Waals surface area contributed by atoms with Crippen LogP contribution in [0.5, 0.6) is 0 Å². The molecule has 8 heteroatoms. The lowest BCUT2D eigenvalue weighted by Gasteiger charge is -2.26. The number of halogens is 1. The van der Waals surface area contributed by atoms with Crippen molar-refractivity contribution in [2.75, 3.05) is 24.2 Å². The quantitative estimate of drug-likeness (QED) is 0.748. The fourth-order valence-corrected chi connectivity index (χ4v) is 4.10. The molecule has 3 N–H and O–H groups in total. The molecule has 1 aromatic heterocycles. The topological polar surface area (TPSA) is 84.7 Å². The molecule has 0 fully saturated rings. The van der Waals surface area contributed by atoms with Crippen molar-refractivity contribution in [1.29, 1.82) is 0 Å². The van der Waals surface area contributed by atoms with Gasteiger partial charge < -0.3 is 20.7 Å². The highest BCUT2D eigenvalue weighted by atomic mass is 35.5. The molecule has 0 saturated heterocycles. The van der Waals surface area contributed by atoms with Gasteiger partial charge in [-0.25, -0.2) is 4.79 Å². The van der Waals surface area contributed by atoms with Crippen molar-refractivity contribution in [3.63, 3.8) is 0 Å². The Kier molecular flexibility index (Phi) is 6.03. The molecular weight excluding hydrogens is 386 g/mol. The van der Waals surface area contributed by atoms with Crippen molar-refractivity contribution >= 4 is 51.7 Å². The number of hydrogen-bond acceptors (Lipinski definition) is 5. The molecule has 1 aliphatic heterocycles. The molecular formula is C19H20ClN3O3S. The van der Waals surface area contributed by atoms with Crippen LogP contribution in [0.25, 0.3) is 6.08 Å². The molecule has 2 amide bonds. The van der Waals surface area contributed by atoms with Crippen LogP contribution < -0.4 is 11.1 Å². The number of amides is 2. The highest BCUT2D eigenvalue weighted by Crippen LogP contribution is 2.39. The number of nitrogens with one attached hydrogen (secondary N) is 1. The first-order valence-corrected chi connectivity index (χ1v) is 9.73. The standard InChI is InChI=1S/C19H20ClN3O3S/c1-2-26-19(25)23-10-9-14-15(11-23)27-18(17(14)21)22-16(24)8-5-12-3-6-13(20)7-4-12/h3-8H,2,9-11,21H2,1H3,(H,22,24)/b8-5+. The number of thiophene rings is 1. The van der Waals surface area contributed by atoms with E-state index in [1.165, 1.54) is 17.4 Å². The fraction of sp³-hybridized carbons (Fsp3) is 0.263. The van der Waals surface area contributed by atoms with Gasteiger partial charge in [0, 0.05) is 22.5 Å². The number of nitrogens with zero attached hydrogens (tertiary/aromatic N) is 1. The average Bonchev–Trinajstić information content (AvgIpc) is 2.96. The largest absolute Gasteiger partial charge is 0.450 e. The number of rotatable bonds is 4. The van der Waals surface area contributed by atoms with Gasteiger partial charge in [-0.15, -0.1) is 11.3 Å². The van der Waals surface area contributed by atoms with Crippen LogP contribution in [0, 0.1) is 0 Å². The third kappa shape index (κ3) is 4.61. The zero-order valence-corrected chi connectivity index (χ0v) is 16.4. The van der Waals surface area contributed by atoms with Crippen LogP contribution in [0.1, 0.15) is 22.9 Å². The maximum Gasteiger partial charge on any atom is 0.410 e. The van der Waals surface area contributed by atoms with E-state index < -0.39 is 0 Å². The molecule has 3 rings (SSSR count). The zero-order valence-electron chi connectivity index (χ0n) is 14.8. The molecule has 1 aromatic carbocycles. The van der Waals surface area contributed by atoms with Crippen molar-refractivity contribution < 1.29 is 14.3 Å². The summed E-state index contributed by atoms with van der Waals surface area (Å²) in [4.78, 5) is 26.7. The normalized spacial score (nSPS) is 13.5. The van der Waals surface area contributed by atoms with Gasteiger partial charge in [0.2, 0.25) is 5.91 Å². The van der Waals surface area contributed by atoms with E-state index in [9.17, 15) is 9.59 Å². The summed E-state index contributed by atoms with van der Waals surface area (Å²) in [5, 5.41) is 4.08. The van der Waals surface area contributed by atoms with Crippen LogP contribution >= 0.6 is 22.9 Å². The van der Waals surface area contributed by atoms with E-state index in [0.717, 1.165) is 16.0 Å². The minimum absolute atomic E-state index is 0.266. The molecule has 0 bridgehead atoms. The molecule has 0 atom stereocenters. The molecule has 0 unspecified atom stereocenters. The van der Waals surface area contributed by atoms with Crippen LogP contribution in [0.3, 0.4) is 0 Å². The lowest BCUT2D eigenvalue weighted by molar-refractivity contribution is -0.111. The molecule has 0 saturated carbocycles. The van der Waals surface area contributed by atoms with Crippen molar-refractivity contribution in [2.24, 2.45) is 0 Å². The van der Waals surface area contributed by atoms with Crippen LogP contribution in [0.15, 0.2) is 30.3 Å². The van der Waals surface area contributed by atoms with Crippen LogP contribution in [0.4, 0.5) is 15.5 Å². The molecule has 0 spiro atoms. The predicted molar refractivity (Wildman–Crippen MR) is 109 cm³/mol. The van der Waals surface area contributed by atoms with E-state index in [1.807, 2.05) is 12.1 Å². The number of fused-ring (bicyclic) bond motifs is 1. The first-order valence-electron chi connectivity index (χ1n) is 8.54. The molecule has 2 aromatic rings. The Morgan fingerprint density at radius 2 is 2.11 bits per heavy atom. The summed E-state index contributed by atoms with van der Waals surface area (Å²) >= 11 is 7.24. The molecule has 1 aliphatic rings. The summed E-state index contributed by atoms with van der Waals surface area (Å²) in [5.74, 6) is -0.266. The van der Waals surface area contributed by atoms with E-state index >= 15 is 0 Å². The number of benzene rings is 1. The van der Waals surface area contributed by atoms with Crippen LogP contribution in [-0.2, 0) is 22.5 Å². The molecule has 0 radical (unpaired) electrons. The molecule has 2 heterocycles. The molecule has 142 valence electrons. The zero-order chi connectivity index (χ0) is 19.4. The van der Waals surface area contributed by atoms with Crippen molar-refractivity contribution in [2.45, 2.75) is 19.9 Å². The van der Waals surface area contributed by atoms with Gasteiger partial charge in [-0.1, -0.05) is 23.7 Å². The second-order valence-electron chi connectivity index (χ2n) is 5.99. The first-order chi connectivity index (χ1) is 13.0. The van der Waals surface area contributed by atoms with E-state index in [2.05, 4.69) is 5.32 Å². The maximum absolute atomic E-state index is 12.2. The summed E-state index contributed by atoms with van der Waals surface area (Å²) in [6.07, 6.45) is 3.48. The molecule has 0 aliphatic carbocycles. The smallest absolute Gasteiger partial charge is 0.410 e. The Bertz CT molecular complexity index is 877. The minimum atomic E-state index is -0.327. The van der Waals surface area contributed by atoms with Gasteiger partial charge in [0.05, 0.1) is 18.8 Å². The van der Waals surface area contributed by atoms with E-state index in [-0.39, 0.29) is 12.0 Å². The summed E-state index contributed by atoms with van der Waals surface area (Å²) in [5.41, 5.74) is 8.65.